The number of H-pyrrole nitrogens is 1. The number of methoxy groups -OCH3 is 1. The second-order valence-electron chi connectivity index (χ2n) is 7.24. The van der Waals surface area contributed by atoms with Gasteiger partial charge in [0, 0.05) is 30.1 Å². The maximum Gasteiger partial charge on any atom is 0.240 e. The minimum atomic E-state index is -0.167. The van der Waals surface area contributed by atoms with Crippen molar-refractivity contribution in [2.75, 3.05) is 7.11 Å². The van der Waals surface area contributed by atoms with E-state index in [0.717, 1.165) is 28.2 Å². The van der Waals surface area contributed by atoms with Gasteiger partial charge in [-0.05, 0) is 60.2 Å². The van der Waals surface area contributed by atoms with Gasteiger partial charge in [-0.3, -0.25) is 19.4 Å². The van der Waals surface area contributed by atoms with Crippen molar-refractivity contribution in [1.29, 1.82) is 0 Å². The number of benzene rings is 2. The first-order valence-corrected chi connectivity index (χ1v) is 10.7. The molecule has 0 spiro atoms. The van der Waals surface area contributed by atoms with Crippen LogP contribution in [-0.2, 0) is 24.5 Å². The third kappa shape index (κ3) is 5.83. The summed E-state index contributed by atoms with van der Waals surface area (Å²) in [7, 11) is 1.61. The number of nitrogens with one attached hydrogen (secondary N) is 2. The van der Waals surface area contributed by atoms with Crippen LogP contribution in [0.2, 0.25) is 0 Å². The van der Waals surface area contributed by atoms with Gasteiger partial charge in [0.15, 0.2) is 10.6 Å². The average Bonchev–Trinajstić information content (AvgIpc) is 3.22. The third-order valence-electron chi connectivity index (χ3n) is 4.95. The van der Waals surface area contributed by atoms with Gasteiger partial charge in [-0.1, -0.05) is 18.2 Å². The summed E-state index contributed by atoms with van der Waals surface area (Å²) in [6, 6.07) is 18.9. The molecule has 0 fully saturated rings. The van der Waals surface area contributed by atoms with Crippen LogP contribution >= 0.6 is 12.2 Å². The maximum absolute atomic E-state index is 12.6. The molecule has 2 aromatic carbocycles. The van der Waals surface area contributed by atoms with Crippen molar-refractivity contribution in [2.45, 2.75) is 19.7 Å². The summed E-state index contributed by atoms with van der Waals surface area (Å²) in [6.07, 6.45) is 3.50. The van der Waals surface area contributed by atoms with E-state index in [0.29, 0.717) is 23.7 Å². The SMILES string of the molecule is COc1ccc(-c2n[nH]c(=S)n2CC(=O)NCc2ccc(OCc3cccnc3)cc2)cc1. The zero-order valence-corrected chi connectivity index (χ0v) is 18.8. The van der Waals surface area contributed by atoms with E-state index in [2.05, 4.69) is 20.5 Å². The number of aromatic amines is 1. The molecule has 0 atom stereocenters. The second kappa shape index (κ2) is 10.6. The fraction of sp³-hybridized carbons (Fsp3) is 0.167. The summed E-state index contributed by atoms with van der Waals surface area (Å²) >= 11 is 5.31. The largest absolute Gasteiger partial charge is 0.497 e. The van der Waals surface area contributed by atoms with Crippen LogP contribution in [0.3, 0.4) is 0 Å². The smallest absolute Gasteiger partial charge is 0.240 e. The third-order valence-corrected chi connectivity index (χ3v) is 5.26. The summed E-state index contributed by atoms with van der Waals surface area (Å²) in [4.78, 5) is 16.6. The van der Waals surface area contributed by atoms with Gasteiger partial charge in [-0.25, -0.2) is 0 Å². The molecule has 8 nitrogen and oxygen atoms in total. The number of pyridine rings is 1. The first-order chi connectivity index (χ1) is 16.1. The van der Waals surface area contributed by atoms with Crippen LogP contribution < -0.4 is 14.8 Å². The monoisotopic (exact) mass is 461 g/mol. The summed E-state index contributed by atoms with van der Waals surface area (Å²) in [5.74, 6) is 1.92. The lowest BCUT2D eigenvalue weighted by molar-refractivity contribution is -0.121. The number of hydrogen-bond acceptors (Lipinski definition) is 6. The zero-order chi connectivity index (χ0) is 23.0. The molecule has 2 aromatic heterocycles. The molecular formula is C24H23N5O3S. The highest BCUT2D eigenvalue weighted by atomic mass is 32.1. The molecule has 0 aliphatic rings. The van der Waals surface area contributed by atoms with Crippen LogP contribution in [0, 0.1) is 4.77 Å². The molecule has 0 saturated carbocycles. The Hall–Kier alpha value is -3.98. The molecule has 0 bridgehead atoms. The molecule has 0 aliphatic carbocycles. The number of hydrogen-bond donors (Lipinski definition) is 2. The van der Waals surface area contributed by atoms with E-state index < -0.39 is 0 Å². The molecule has 0 unspecified atom stereocenters. The molecule has 0 radical (unpaired) electrons. The lowest BCUT2D eigenvalue weighted by Crippen LogP contribution is -2.27. The highest BCUT2D eigenvalue weighted by Crippen LogP contribution is 2.21. The Kier molecular flexibility index (Phi) is 7.11. The van der Waals surface area contributed by atoms with Gasteiger partial charge in [0.1, 0.15) is 24.7 Å². The van der Waals surface area contributed by atoms with Crippen LogP contribution in [0.25, 0.3) is 11.4 Å². The lowest BCUT2D eigenvalue weighted by atomic mass is 10.2. The lowest BCUT2D eigenvalue weighted by Gasteiger charge is -2.10. The predicted octanol–water partition coefficient (Wildman–Crippen LogP) is 3.91. The van der Waals surface area contributed by atoms with Crippen LogP contribution in [0.4, 0.5) is 0 Å². The van der Waals surface area contributed by atoms with E-state index in [4.69, 9.17) is 21.7 Å². The maximum atomic E-state index is 12.6. The first kappa shape index (κ1) is 22.2. The van der Waals surface area contributed by atoms with Crippen molar-refractivity contribution >= 4 is 18.1 Å². The molecule has 0 saturated heterocycles. The molecule has 0 aliphatic heterocycles. The van der Waals surface area contributed by atoms with Gasteiger partial charge in [-0.15, -0.1) is 0 Å². The molecule has 4 rings (SSSR count). The van der Waals surface area contributed by atoms with Crippen molar-refractivity contribution in [3.8, 4) is 22.9 Å². The average molecular weight is 462 g/mol. The van der Waals surface area contributed by atoms with E-state index >= 15 is 0 Å². The van der Waals surface area contributed by atoms with Crippen LogP contribution in [-0.4, -0.2) is 32.8 Å². The highest BCUT2D eigenvalue weighted by Gasteiger charge is 2.12. The zero-order valence-electron chi connectivity index (χ0n) is 18.0. The standard InChI is InChI=1S/C24H23N5O3S/c1-31-20-10-6-19(7-11-20)23-27-28-24(33)29(23)15-22(30)26-14-17-4-8-21(9-5-17)32-16-18-3-2-12-25-13-18/h2-13H,14-16H2,1H3,(H,26,30)(H,28,33). The van der Waals surface area contributed by atoms with Gasteiger partial charge in [0.25, 0.3) is 0 Å². The minimum absolute atomic E-state index is 0.0585. The number of nitrogens with zero attached hydrogens (tertiary/aromatic N) is 3. The molecule has 4 aromatic rings. The van der Waals surface area contributed by atoms with E-state index in [9.17, 15) is 4.79 Å². The number of carbonyl (C=O) groups excluding carboxylic acids is 1. The Morgan fingerprint density at radius 3 is 2.52 bits per heavy atom. The molecule has 168 valence electrons. The fourth-order valence-electron chi connectivity index (χ4n) is 3.18. The summed E-state index contributed by atoms with van der Waals surface area (Å²) < 4.78 is 13.0. The molecule has 9 heteroatoms. The summed E-state index contributed by atoms with van der Waals surface area (Å²) in [5, 5.41) is 9.95. The number of amides is 1. The molecule has 1 amide bonds. The predicted molar refractivity (Wildman–Crippen MR) is 126 cm³/mol. The van der Waals surface area contributed by atoms with Crippen molar-refractivity contribution in [3.05, 3.63) is 89.0 Å². The van der Waals surface area contributed by atoms with E-state index in [1.54, 1.807) is 24.1 Å². The molecule has 2 N–H and O–H groups in total. The second-order valence-corrected chi connectivity index (χ2v) is 7.62. The van der Waals surface area contributed by atoms with E-state index in [1.165, 1.54) is 0 Å². The summed E-state index contributed by atoms with van der Waals surface area (Å²) in [6.45, 7) is 0.902. The Balaban J connectivity index is 1.32. The number of carbonyl (C=O) groups is 1. The molecular weight excluding hydrogens is 438 g/mol. The number of aromatic nitrogens is 4. The number of rotatable bonds is 9. The van der Waals surface area contributed by atoms with Crippen LogP contribution in [0.1, 0.15) is 11.1 Å². The Labute approximate surface area is 196 Å². The van der Waals surface area contributed by atoms with Gasteiger partial charge in [-0.2, -0.15) is 5.10 Å². The van der Waals surface area contributed by atoms with Gasteiger partial charge in [0.2, 0.25) is 5.91 Å². The van der Waals surface area contributed by atoms with Crippen molar-refractivity contribution in [1.82, 2.24) is 25.1 Å². The first-order valence-electron chi connectivity index (χ1n) is 10.3. The topological polar surface area (TPSA) is 94.1 Å². The van der Waals surface area contributed by atoms with Gasteiger partial charge >= 0.3 is 0 Å². The van der Waals surface area contributed by atoms with Crippen LogP contribution in [0.5, 0.6) is 11.5 Å². The Morgan fingerprint density at radius 2 is 1.82 bits per heavy atom. The Bertz CT molecular complexity index is 1250. The Morgan fingerprint density at radius 1 is 1.06 bits per heavy atom. The molecule has 33 heavy (non-hydrogen) atoms. The van der Waals surface area contributed by atoms with Crippen LogP contribution in [0.15, 0.2) is 73.1 Å². The van der Waals surface area contributed by atoms with Crippen molar-refractivity contribution < 1.29 is 14.3 Å². The minimum Gasteiger partial charge on any atom is -0.497 e. The quantitative estimate of drug-likeness (QED) is 0.367. The van der Waals surface area contributed by atoms with E-state index in [1.807, 2.05) is 60.7 Å². The number of ether oxygens (including phenoxy) is 2. The normalized spacial score (nSPS) is 10.6. The molecule has 2 heterocycles. The van der Waals surface area contributed by atoms with Crippen molar-refractivity contribution in [3.63, 3.8) is 0 Å². The fourth-order valence-corrected chi connectivity index (χ4v) is 3.38. The van der Waals surface area contributed by atoms with Gasteiger partial charge < -0.3 is 14.8 Å². The highest BCUT2D eigenvalue weighted by molar-refractivity contribution is 7.71. The van der Waals surface area contributed by atoms with Gasteiger partial charge in [0.05, 0.1) is 7.11 Å². The van der Waals surface area contributed by atoms with E-state index in [-0.39, 0.29) is 12.5 Å². The van der Waals surface area contributed by atoms with Crippen molar-refractivity contribution in [2.24, 2.45) is 0 Å². The summed E-state index contributed by atoms with van der Waals surface area (Å²) in [5.41, 5.74) is 2.79.